The monoisotopic (exact) mass is 464 g/mol. The summed E-state index contributed by atoms with van der Waals surface area (Å²) in [5.74, 6) is -1.60. The predicted octanol–water partition coefficient (Wildman–Crippen LogP) is 5.24. The highest BCUT2D eigenvalue weighted by Gasteiger charge is 2.26. The van der Waals surface area contributed by atoms with Crippen LogP contribution in [0.5, 0.6) is 5.75 Å². The van der Waals surface area contributed by atoms with Crippen LogP contribution in [0.15, 0.2) is 40.9 Å². The average molecular weight is 466 g/mol. The Hall–Kier alpha value is -2.46. The van der Waals surface area contributed by atoms with Gasteiger partial charge in [-0.2, -0.15) is 8.78 Å². The molecule has 0 bridgehead atoms. The molecule has 2 aromatic rings. The molecule has 0 saturated heterocycles. The number of nitrogens with zero attached hydrogens (tertiary/aromatic N) is 1. The van der Waals surface area contributed by atoms with Crippen molar-refractivity contribution in [2.75, 3.05) is 5.32 Å². The van der Waals surface area contributed by atoms with Crippen molar-refractivity contribution in [1.29, 1.82) is 0 Å². The largest absolute Gasteiger partial charge is 0.481 e. The van der Waals surface area contributed by atoms with E-state index in [1.807, 2.05) is 0 Å². The van der Waals surface area contributed by atoms with Crippen molar-refractivity contribution in [3.05, 3.63) is 61.6 Å². The van der Waals surface area contributed by atoms with E-state index >= 15 is 0 Å². The molecule has 0 aromatic heterocycles. The third kappa shape index (κ3) is 5.51. The summed E-state index contributed by atoms with van der Waals surface area (Å²) in [7, 11) is 0. The second kappa shape index (κ2) is 8.96. The van der Waals surface area contributed by atoms with Crippen molar-refractivity contribution in [1.82, 2.24) is 0 Å². The van der Waals surface area contributed by atoms with E-state index in [0.717, 1.165) is 0 Å². The molecule has 2 N–H and O–H groups in total. The quantitative estimate of drug-likeness (QED) is 0.408. The number of hydrogen-bond donors (Lipinski definition) is 2. The number of nitro groups is 1. The smallest absolute Gasteiger partial charge is 0.387 e. The van der Waals surface area contributed by atoms with Gasteiger partial charge in [-0.3, -0.25) is 14.9 Å². The molecule has 0 fully saturated rings. The van der Waals surface area contributed by atoms with Crippen LogP contribution in [0.25, 0.3) is 0 Å². The van der Waals surface area contributed by atoms with Crippen molar-refractivity contribution in [3.63, 3.8) is 0 Å². The second-order valence-corrected chi connectivity index (χ2v) is 6.57. The zero-order chi connectivity index (χ0) is 20.1. The number of anilines is 1. The number of nitrogens with one attached hydrogen (secondary N) is 1. The maximum atomic E-state index is 12.7. The minimum absolute atomic E-state index is 0.0106. The molecule has 0 spiro atoms. The molecule has 0 aliphatic heterocycles. The molecule has 0 aliphatic carbocycles. The molecule has 1 atom stereocenters. The molecule has 2 rings (SSSR count). The molecule has 0 amide bonds. The Bertz CT molecular complexity index is 869. The van der Waals surface area contributed by atoms with E-state index in [1.165, 1.54) is 36.4 Å². The van der Waals surface area contributed by atoms with E-state index in [9.17, 15) is 28.8 Å². The van der Waals surface area contributed by atoms with Crippen molar-refractivity contribution in [2.24, 2.45) is 0 Å². The zero-order valence-electron chi connectivity index (χ0n) is 13.4. The lowest BCUT2D eigenvalue weighted by atomic mass is 10.0. The van der Waals surface area contributed by atoms with Gasteiger partial charge in [0.1, 0.15) is 11.4 Å². The molecule has 1 unspecified atom stereocenters. The normalized spacial score (nSPS) is 11.9. The third-order valence-electron chi connectivity index (χ3n) is 3.44. The molecule has 2 aromatic carbocycles. The lowest BCUT2D eigenvalue weighted by molar-refractivity contribution is -0.384. The Labute approximate surface area is 165 Å². The standard InChI is InChI=1S/C16H12BrClF2N2O5/c17-8-4-5-12(22(25)26)10(6-8)21-11(7-14(23)24)15-9(18)2-1-3-13(15)27-16(19)20/h1-6,11,16,21H,7H2,(H,23,24). The Morgan fingerprint density at radius 3 is 2.67 bits per heavy atom. The van der Waals surface area contributed by atoms with Crippen molar-refractivity contribution >= 4 is 44.9 Å². The molecular weight excluding hydrogens is 454 g/mol. The van der Waals surface area contributed by atoms with Gasteiger partial charge in [0.2, 0.25) is 0 Å². The second-order valence-electron chi connectivity index (χ2n) is 5.24. The van der Waals surface area contributed by atoms with Crippen LogP contribution in [0.3, 0.4) is 0 Å². The summed E-state index contributed by atoms with van der Waals surface area (Å²) in [5, 5.41) is 23.1. The number of carbonyl (C=O) groups is 1. The Morgan fingerprint density at radius 1 is 1.37 bits per heavy atom. The number of ether oxygens (including phenoxy) is 1. The number of halogens is 4. The van der Waals surface area contributed by atoms with Gasteiger partial charge in [-0.25, -0.2) is 0 Å². The van der Waals surface area contributed by atoms with Gasteiger partial charge in [0.05, 0.1) is 17.4 Å². The number of carboxylic acids is 1. The lowest BCUT2D eigenvalue weighted by Gasteiger charge is -2.22. The Kier molecular flexibility index (Phi) is 6.92. The summed E-state index contributed by atoms with van der Waals surface area (Å²) in [6.45, 7) is -3.16. The SMILES string of the molecule is O=C(O)CC(Nc1cc(Br)ccc1[N+](=O)[O-])c1c(Cl)cccc1OC(F)F. The van der Waals surface area contributed by atoms with Crippen LogP contribution in [-0.4, -0.2) is 22.6 Å². The molecule has 0 aliphatic rings. The number of hydrogen-bond acceptors (Lipinski definition) is 5. The summed E-state index contributed by atoms with van der Waals surface area (Å²) in [6.07, 6.45) is -0.590. The third-order valence-corrected chi connectivity index (χ3v) is 4.26. The first kappa shape index (κ1) is 20.8. The predicted molar refractivity (Wildman–Crippen MR) is 97.5 cm³/mol. The minimum Gasteiger partial charge on any atom is -0.481 e. The van der Waals surface area contributed by atoms with Crippen molar-refractivity contribution in [2.45, 2.75) is 19.1 Å². The van der Waals surface area contributed by atoms with E-state index in [4.69, 9.17) is 11.6 Å². The number of aliphatic carboxylic acids is 1. The van der Waals surface area contributed by atoms with Gasteiger partial charge in [-0.15, -0.1) is 0 Å². The van der Waals surface area contributed by atoms with Gasteiger partial charge in [-0.1, -0.05) is 33.6 Å². The van der Waals surface area contributed by atoms with Crippen LogP contribution < -0.4 is 10.1 Å². The highest BCUT2D eigenvalue weighted by atomic mass is 79.9. The maximum absolute atomic E-state index is 12.7. The zero-order valence-corrected chi connectivity index (χ0v) is 15.7. The lowest BCUT2D eigenvalue weighted by Crippen LogP contribution is -2.18. The van der Waals surface area contributed by atoms with Gasteiger partial charge >= 0.3 is 12.6 Å². The first-order valence-electron chi connectivity index (χ1n) is 7.34. The van der Waals surface area contributed by atoms with Crippen LogP contribution in [0.2, 0.25) is 5.02 Å². The molecular formula is C16H12BrClF2N2O5. The summed E-state index contributed by atoms with van der Waals surface area (Å²) >= 11 is 9.27. The van der Waals surface area contributed by atoms with Gasteiger partial charge in [0, 0.05) is 21.1 Å². The van der Waals surface area contributed by atoms with Crippen LogP contribution >= 0.6 is 27.5 Å². The summed E-state index contributed by atoms with van der Waals surface area (Å²) in [5.41, 5.74) is -0.378. The number of carboxylic acid groups (broad SMARTS) is 1. The minimum atomic E-state index is -3.16. The Balaban J connectivity index is 2.54. The first-order chi connectivity index (χ1) is 12.7. The fourth-order valence-corrected chi connectivity index (χ4v) is 3.08. The molecule has 0 heterocycles. The number of rotatable bonds is 8. The van der Waals surface area contributed by atoms with Gasteiger partial charge in [-0.05, 0) is 24.3 Å². The van der Waals surface area contributed by atoms with Gasteiger partial charge < -0.3 is 15.2 Å². The van der Waals surface area contributed by atoms with E-state index in [2.05, 4.69) is 26.0 Å². The van der Waals surface area contributed by atoms with E-state index in [-0.39, 0.29) is 27.7 Å². The summed E-state index contributed by atoms with van der Waals surface area (Å²) in [6, 6.07) is 6.81. The molecule has 0 saturated carbocycles. The van der Waals surface area contributed by atoms with Crippen LogP contribution in [0.1, 0.15) is 18.0 Å². The van der Waals surface area contributed by atoms with E-state index in [1.54, 1.807) is 0 Å². The number of alkyl halides is 2. The van der Waals surface area contributed by atoms with Gasteiger partial charge in [0.25, 0.3) is 5.69 Å². The molecule has 144 valence electrons. The fraction of sp³-hybridized carbons (Fsp3) is 0.188. The van der Waals surface area contributed by atoms with E-state index in [0.29, 0.717) is 4.47 Å². The van der Waals surface area contributed by atoms with E-state index < -0.39 is 30.0 Å². The van der Waals surface area contributed by atoms with Crippen molar-refractivity contribution in [3.8, 4) is 5.75 Å². The van der Waals surface area contributed by atoms with Crippen molar-refractivity contribution < 1.29 is 28.3 Å². The molecule has 7 nitrogen and oxygen atoms in total. The fourth-order valence-electron chi connectivity index (χ4n) is 2.42. The number of benzene rings is 2. The molecule has 11 heteroatoms. The van der Waals surface area contributed by atoms with Crippen LogP contribution in [0.4, 0.5) is 20.2 Å². The molecule has 27 heavy (non-hydrogen) atoms. The van der Waals surface area contributed by atoms with Crippen LogP contribution in [0, 0.1) is 10.1 Å². The highest BCUT2D eigenvalue weighted by Crippen LogP contribution is 2.39. The van der Waals surface area contributed by atoms with Gasteiger partial charge in [0.15, 0.2) is 0 Å². The topological polar surface area (TPSA) is 102 Å². The molecule has 0 radical (unpaired) electrons. The summed E-state index contributed by atoms with van der Waals surface area (Å²) < 4.78 is 30.3. The first-order valence-corrected chi connectivity index (χ1v) is 8.51. The summed E-state index contributed by atoms with van der Waals surface area (Å²) in [4.78, 5) is 21.9. The maximum Gasteiger partial charge on any atom is 0.387 e. The number of nitro benzene ring substituents is 1. The highest BCUT2D eigenvalue weighted by molar-refractivity contribution is 9.10. The van der Waals surface area contributed by atoms with Crippen LogP contribution in [-0.2, 0) is 4.79 Å². The Morgan fingerprint density at radius 2 is 2.07 bits per heavy atom. The average Bonchev–Trinajstić information content (AvgIpc) is 2.53.